The number of morpholine rings is 1. The van der Waals surface area contributed by atoms with E-state index >= 15 is 0 Å². The average molecular weight is 365 g/mol. The molecule has 2 fully saturated rings. The summed E-state index contributed by atoms with van der Waals surface area (Å²) in [4.78, 5) is 16.9. The van der Waals surface area contributed by atoms with Crippen molar-refractivity contribution in [2.75, 3.05) is 32.8 Å². The molecule has 134 valence electrons. The number of nitrogens with zero attached hydrogens (tertiary/aromatic N) is 2. The van der Waals surface area contributed by atoms with E-state index in [0.29, 0.717) is 26.2 Å². The van der Waals surface area contributed by atoms with Gasteiger partial charge in [-0.05, 0) is 37.1 Å². The summed E-state index contributed by atoms with van der Waals surface area (Å²) >= 11 is 5.87. The highest BCUT2D eigenvalue weighted by Crippen LogP contribution is 2.27. The van der Waals surface area contributed by atoms with Gasteiger partial charge in [-0.2, -0.15) is 0 Å². The van der Waals surface area contributed by atoms with Crippen LogP contribution in [0.25, 0.3) is 0 Å². The monoisotopic (exact) mass is 364 g/mol. The predicted molar refractivity (Wildman–Crippen MR) is 94.7 cm³/mol. The van der Waals surface area contributed by atoms with Gasteiger partial charge in [-0.25, -0.2) is 4.39 Å². The van der Waals surface area contributed by atoms with Crippen molar-refractivity contribution in [3.8, 4) is 12.3 Å². The number of amides is 1. The summed E-state index contributed by atoms with van der Waals surface area (Å²) in [5, 5.41) is 0.0667. The van der Waals surface area contributed by atoms with E-state index in [-0.39, 0.29) is 23.1 Å². The molecule has 0 spiro atoms. The molecule has 0 aromatic heterocycles. The number of piperidine rings is 1. The third-order valence-electron chi connectivity index (χ3n) is 4.89. The minimum Gasteiger partial charge on any atom is -0.370 e. The zero-order valence-corrected chi connectivity index (χ0v) is 14.8. The van der Waals surface area contributed by atoms with Crippen LogP contribution in [-0.4, -0.2) is 54.5 Å². The van der Waals surface area contributed by atoms with Crippen LogP contribution in [0, 0.1) is 18.2 Å². The average Bonchev–Trinajstić information content (AvgIpc) is 2.64. The molecule has 0 saturated carbocycles. The van der Waals surface area contributed by atoms with E-state index < -0.39 is 5.82 Å². The summed E-state index contributed by atoms with van der Waals surface area (Å²) in [6.07, 6.45) is 8.11. The molecule has 0 radical (unpaired) electrons. The van der Waals surface area contributed by atoms with Gasteiger partial charge in [0.15, 0.2) is 0 Å². The molecule has 2 saturated heterocycles. The molecule has 2 atom stereocenters. The van der Waals surface area contributed by atoms with E-state index in [1.54, 1.807) is 12.1 Å². The molecule has 1 aromatic carbocycles. The lowest BCUT2D eigenvalue weighted by molar-refractivity contribution is -0.145. The van der Waals surface area contributed by atoms with Gasteiger partial charge < -0.3 is 9.64 Å². The minimum absolute atomic E-state index is 0.0667. The molecule has 2 aliphatic heterocycles. The van der Waals surface area contributed by atoms with Crippen LogP contribution in [0.15, 0.2) is 18.2 Å². The first-order chi connectivity index (χ1) is 12.1. The lowest BCUT2D eigenvalue weighted by Gasteiger charge is -2.39. The maximum Gasteiger partial charge on any atom is 0.240 e. The summed E-state index contributed by atoms with van der Waals surface area (Å²) in [6.45, 7) is 2.82. The molecule has 0 aliphatic carbocycles. The first kappa shape index (κ1) is 18.2. The Morgan fingerprint density at radius 3 is 3.00 bits per heavy atom. The van der Waals surface area contributed by atoms with Gasteiger partial charge in [-0.15, -0.1) is 6.42 Å². The van der Waals surface area contributed by atoms with E-state index in [9.17, 15) is 9.18 Å². The fourth-order valence-electron chi connectivity index (χ4n) is 3.55. The Morgan fingerprint density at radius 1 is 1.40 bits per heavy atom. The summed E-state index contributed by atoms with van der Waals surface area (Å²) in [5.41, 5.74) is 0.785. The second-order valence-electron chi connectivity index (χ2n) is 6.50. The zero-order chi connectivity index (χ0) is 17.8. The first-order valence-electron chi connectivity index (χ1n) is 8.63. The largest absolute Gasteiger partial charge is 0.370 e. The highest BCUT2D eigenvalue weighted by atomic mass is 35.5. The SMILES string of the molecule is C#CCN1CCCC[C@@H]1C(=O)N1CCO[C@@H](c2ccc(F)c(Cl)c2)C1. The highest BCUT2D eigenvalue weighted by Gasteiger charge is 2.34. The van der Waals surface area contributed by atoms with Crippen LogP contribution in [0.1, 0.15) is 30.9 Å². The Hall–Kier alpha value is -1.61. The lowest BCUT2D eigenvalue weighted by Crippen LogP contribution is -2.53. The van der Waals surface area contributed by atoms with Crippen LogP contribution in [0.4, 0.5) is 4.39 Å². The normalized spacial score (nSPS) is 24.8. The zero-order valence-electron chi connectivity index (χ0n) is 14.1. The number of ether oxygens (including phenoxy) is 1. The van der Waals surface area contributed by atoms with E-state index in [4.69, 9.17) is 22.8 Å². The number of rotatable bonds is 3. The van der Waals surface area contributed by atoms with Gasteiger partial charge in [0, 0.05) is 6.54 Å². The van der Waals surface area contributed by atoms with Gasteiger partial charge in [0.05, 0.1) is 30.8 Å². The van der Waals surface area contributed by atoms with Crippen molar-refractivity contribution in [3.63, 3.8) is 0 Å². The molecule has 2 heterocycles. The van der Waals surface area contributed by atoms with Crippen LogP contribution in [0.5, 0.6) is 0 Å². The van der Waals surface area contributed by atoms with Crippen molar-refractivity contribution >= 4 is 17.5 Å². The van der Waals surface area contributed by atoms with Crippen molar-refractivity contribution in [1.29, 1.82) is 0 Å². The smallest absolute Gasteiger partial charge is 0.240 e. The molecule has 6 heteroatoms. The van der Waals surface area contributed by atoms with E-state index in [2.05, 4.69) is 10.8 Å². The second-order valence-corrected chi connectivity index (χ2v) is 6.91. The quantitative estimate of drug-likeness (QED) is 0.773. The maximum absolute atomic E-state index is 13.4. The van der Waals surface area contributed by atoms with Crippen LogP contribution < -0.4 is 0 Å². The number of likely N-dealkylation sites (tertiary alicyclic amines) is 1. The fraction of sp³-hybridized carbons (Fsp3) is 0.526. The molecule has 1 amide bonds. The molecular weight excluding hydrogens is 343 g/mol. The Bertz CT molecular complexity index is 676. The lowest BCUT2D eigenvalue weighted by atomic mass is 10.00. The minimum atomic E-state index is -0.457. The number of benzene rings is 1. The highest BCUT2D eigenvalue weighted by molar-refractivity contribution is 6.30. The molecule has 3 rings (SSSR count). The van der Waals surface area contributed by atoms with Gasteiger partial charge in [0.2, 0.25) is 5.91 Å². The molecule has 1 aromatic rings. The summed E-state index contributed by atoms with van der Waals surface area (Å²) < 4.78 is 19.2. The number of hydrogen-bond acceptors (Lipinski definition) is 3. The number of hydrogen-bond donors (Lipinski definition) is 0. The Kier molecular flexibility index (Phi) is 5.95. The van der Waals surface area contributed by atoms with Crippen LogP contribution in [0.2, 0.25) is 5.02 Å². The molecule has 0 bridgehead atoms. The molecular formula is C19H22ClFN2O2. The molecule has 4 nitrogen and oxygen atoms in total. The van der Waals surface area contributed by atoms with E-state index in [0.717, 1.165) is 31.4 Å². The number of carbonyl (C=O) groups excluding carboxylic acids is 1. The van der Waals surface area contributed by atoms with Crippen molar-refractivity contribution in [3.05, 3.63) is 34.6 Å². The van der Waals surface area contributed by atoms with E-state index in [1.165, 1.54) is 6.07 Å². The Labute approximate surface area is 152 Å². The first-order valence-corrected chi connectivity index (χ1v) is 9.01. The van der Waals surface area contributed by atoms with Crippen molar-refractivity contribution in [2.24, 2.45) is 0 Å². The number of halogens is 2. The maximum atomic E-state index is 13.4. The third-order valence-corrected chi connectivity index (χ3v) is 5.18. The van der Waals surface area contributed by atoms with Gasteiger partial charge in [0.25, 0.3) is 0 Å². The van der Waals surface area contributed by atoms with Gasteiger partial charge in [-0.1, -0.05) is 30.0 Å². The standard InChI is InChI=1S/C19H22ClFN2O2/c1-2-8-22-9-4-3-5-17(22)19(24)23-10-11-25-18(13-23)14-6-7-16(21)15(20)12-14/h1,6-7,12,17-18H,3-5,8-11,13H2/t17-,18-/m1/s1. The van der Waals surface area contributed by atoms with Crippen molar-refractivity contribution < 1.29 is 13.9 Å². The molecule has 0 N–H and O–H groups in total. The molecule has 0 unspecified atom stereocenters. The summed E-state index contributed by atoms with van der Waals surface area (Å²) in [6, 6.07) is 4.41. The Morgan fingerprint density at radius 2 is 2.24 bits per heavy atom. The fourth-order valence-corrected chi connectivity index (χ4v) is 3.74. The number of terminal acetylenes is 1. The van der Waals surface area contributed by atoms with Crippen molar-refractivity contribution in [1.82, 2.24) is 9.80 Å². The van der Waals surface area contributed by atoms with E-state index in [1.807, 2.05) is 4.90 Å². The van der Waals surface area contributed by atoms with Crippen molar-refractivity contribution in [2.45, 2.75) is 31.4 Å². The summed E-state index contributed by atoms with van der Waals surface area (Å²) in [5.74, 6) is 2.30. The van der Waals surface area contributed by atoms with Crippen LogP contribution in [0.3, 0.4) is 0 Å². The topological polar surface area (TPSA) is 32.8 Å². The van der Waals surface area contributed by atoms with Gasteiger partial charge in [0.1, 0.15) is 11.9 Å². The van der Waals surface area contributed by atoms with Crippen LogP contribution in [-0.2, 0) is 9.53 Å². The predicted octanol–water partition coefficient (Wildman–Crippen LogP) is 2.87. The van der Waals surface area contributed by atoms with Gasteiger partial charge >= 0.3 is 0 Å². The van der Waals surface area contributed by atoms with Crippen LogP contribution >= 0.6 is 11.6 Å². The summed E-state index contributed by atoms with van der Waals surface area (Å²) in [7, 11) is 0. The van der Waals surface area contributed by atoms with Gasteiger partial charge in [-0.3, -0.25) is 9.69 Å². The molecule has 2 aliphatic rings. The third kappa shape index (κ3) is 4.14. The Balaban J connectivity index is 1.70. The molecule has 25 heavy (non-hydrogen) atoms. The number of carbonyl (C=O) groups is 1. The second kappa shape index (κ2) is 8.18.